The molecule has 0 spiro atoms. The molecule has 0 aromatic carbocycles. The number of rotatable bonds is 4. The van der Waals surface area contributed by atoms with Crippen LogP contribution in [-0.4, -0.2) is 24.3 Å². The number of nitrogens with one attached hydrogen (secondary N) is 1. The van der Waals surface area contributed by atoms with Gasteiger partial charge in [0.25, 0.3) is 0 Å². The molecule has 3 unspecified atom stereocenters. The van der Waals surface area contributed by atoms with Crippen molar-refractivity contribution in [2.24, 2.45) is 0 Å². The van der Waals surface area contributed by atoms with Gasteiger partial charge in [0.15, 0.2) is 0 Å². The summed E-state index contributed by atoms with van der Waals surface area (Å²) in [7, 11) is 0. The molecule has 0 radical (unpaired) electrons. The van der Waals surface area contributed by atoms with Gasteiger partial charge >= 0.3 is 0 Å². The van der Waals surface area contributed by atoms with Crippen LogP contribution in [0, 0.1) is 0 Å². The molecule has 0 aromatic heterocycles. The van der Waals surface area contributed by atoms with Crippen molar-refractivity contribution in [1.29, 1.82) is 0 Å². The maximum Gasteiger partial charge on any atom is 0.0927 e. The maximum absolute atomic E-state index is 5.99. The van der Waals surface area contributed by atoms with E-state index in [1.54, 1.807) is 0 Å². The third-order valence-electron chi connectivity index (χ3n) is 3.06. The largest absolute Gasteiger partial charge is 0.369 e. The predicted octanol–water partition coefficient (Wildman–Crippen LogP) is 1.86. The minimum Gasteiger partial charge on any atom is -0.369 e. The summed E-state index contributed by atoms with van der Waals surface area (Å²) in [5, 5.41) is 3.45. The zero-order valence-corrected chi connectivity index (χ0v) is 8.49. The van der Waals surface area contributed by atoms with E-state index in [9.17, 15) is 0 Å². The van der Waals surface area contributed by atoms with Crippen molar-refractivity contribution in [3.63, 3.8) is 0 Å². The summed E-state index contributed by atoms with van der Waals surface area (Å²) in [5.41, 5.74) is 0. The Morgan fingerprint density at radius 3 is 2.92 bits per heavy atom. The zero-order chi connectivity index (χ0) is 9.26. The van der Waals surface area contributed by atoms with E-state index < -0.39 is 0 Å². The third-order valence-corrected chi connectivity index (χ3v) is 3.06. The van der Waals surface area contributed by atoms with Gasteiger partial charge in [-0.1, -0.05) is 26.0 Å². The topological polar surface area (TPSA) is 31.2 Å². The summed E-state index contributed by atoms with van der Waals surface area (Å²) >= 11 is 0. The standard InChI is InChI=1S/C11H19NO/c1-3-8(4-2)13-10-7-5-6-9-11(10)12-9/h5,7-12H,3-4,6H2,1-2H3. The van der Waals surface area contributed by atoms with Crippen LogP contribution < -0.4 is 5.32 Å². The van der Waals surface area contributed by atoms with E-state index in [1.165, 1.54) is 6.42 Å². The fourth-order valence-corrected chi connectivity index (χ4v) is 2.04. The van der Waals surface area contributed by atoms with Crippen LogP contribution in [0.1, 0.15) is 33.1 Å². The Kier molecular flexibility index (Phi) is 2.70. The van der Waals surface area contributed by atoms with E-state index in [0.29, 0.717) is 24.3 Å². The Morgan fingerprint density at radius 2 is 2.23 bits per heavy atom. The highest BCUT2D eigenvalue weighted by Crippen LogP contribution is 2.28. The fraction of sp³-hybridized carbons (Fsp3) is 0.818. The van der Waals surface area contributed by atoms with E-state index in [-0.39, 0.29) is 0 Å². The van der Waals surface area contributed by atoms with Gasteiger partial charge in [0.2, 0.25) is 0 Å². The quantitative estimate of drug-likeness (QED) is 0.530. The molecule has 0 amide bonds. The Bertz CT molecular complexity index is 198. The van der Waals surface area contributed by atoms with Gasteiger partial charge in [-0.25, -0.2) is 0 Å². The van der Waals surface area contributed by atoms with Crippen molar-refractivity contribution in [2.75, 3.05) is 0 Å². The second-order valence-corrected chi connectivity index (χ2v) is 4.00. The first-order valence-electron chi connectivity index (χ1n) is 5.43. The second-order valence-electron chi connectivity index (χ2n) is 4.00. The van der Waals surface area contributed by atoms with Crippen LogP contribution in [0.5, 0.6) is 0 Å². The predicted molar refractivity (Wildman–Crippen MR) is 53.7 cm³/mol. The van der Waals surface area contributed by atoms with Crippen LogP contribution in [-0.2, 0) is 4.74 Å². The molecule has 1 N–H and O–H groups in total. The SMILES string of the molecule is CCC(CC)OC1C=CCC2NC21. The Morgan fingerprint density at radius 1 is 1.46 bits per heavy atom. The van der Waals surface area contributed by atoms with E-state index in [2.05, 4.69) is 31.3 Å². The van der Waals surface area contributed by atoms with Crippen molar-refractivity contribution in [3.8, 4) is 0 Å². The van der Waals surface area contributed by atoms with E-state index in [0.717, 1.165) is 12.8 Å². The molecule has 2 rings (SSSR count). The molecule has 1 heterocycles. The third kappa shape index (κ3) is 1.94. The smallest absolute Gasteiger partial charge is 0.0927 e. The van der Waals surface area contributed by atoms with Crippen molar-refractivity contribution < 1.29 is 4.74 Å². The van der Waals surface area contributed by atoms with Gasteiger partial charge in [0, 0.05) is 6.04 Å². The summed E-state index contributed by atoms with van der Waals surface area (Å²) in [6, 6.07) is 1.33. The van der Waals surface area contributed by atoms with Gasteiger partial charge in [0.1, 0.15) is 0 Å². The summed E-state index contributed by atoms with van der Waals surface area (Å²) in [5.74, 6) is 0. The Hall–Kier alpha value is -0.340. The van der Waals surface area contributed by atoms with E-state index >= 15 is 0 Å². The molecule has 1 aliphatic heterocycles. The first-order valence-corrected chi connectivity index (χ1v) is 5.43. The van der Waals surface area contributed by atoms with Crippen LogP contribution in [0.4, 0.5) is 0 Å². The molecule has 0 aromatic rings. The first kappa shape index (κ1) is 9.22. The lowest BCUT2D eigenvalue weighted by molar-refractivity contribution is 0.00672. The molecule has 1 fully saturated rings. The van der Waals surface area contributed by atoms with Crippen LogP contribution in [0.2, 0.25) is 0 Å². The minimum atomic E-state index is 0.337. The zero-order valence-electron chi connectivity index (χ0n) is 8.49. The molecule has 2 aliphatic rings. The lowest BCUT2D eigenvalue weighted by Gasteiger charge is -2.21. The van der Waals surface area contributed by atoms with Gasteiger partial charge < -0.3 is 10.1 Å². The highest BCUT2D eigenvalue weighted by Gasteiger charge is 2.43. The number of hydrogen-bond donors (Lipinski definition) is 1. The molecule has 0 saturated carbocycles. The molecule has 13 heavy (non-hydrogen) atoms. The lowest BCUT2D eigenvalue weighted by atomic mass is 10.0. The van der Waals surface area contributed by atoms with Crippen molar-refractivity contribution in [1.82, 2.24) is 5.32 Å². The fourth-order valence-electron chi connectivity index (χ4n) is 2.04. The molecule has 1 aliphatic carbocycles. The van der Waals surface area contributed by atoms with Crippen LogP contribution >= 0.6 is 0 Å². The Balaban J connectivity index is 1.86. The van der Waals surface area contributed by atoms with Crippen LogP contribution in [0.3, 0.4) is 0 Å². The molecular formula is C11H19NO. The van der Waals surface area contributed by atoms with Crippen LogP contribution in [0.25, 0.3) is 0 Å². The normalized spacial score (nSPS) is 36.4. The molecule has 1 saturated heterocycles. The summed E-state index contributed by atoms with van der Waals surface area (Å²) in [4.78, 5) is 0. The van der Waals surface area contributed by atoms with Gasteiger partial charge in [-0.2, -0.15) is 0 Å². The number of hydrogen-bond acceptors (Lipinski definition) is 2. The van der Waals surface area contributed by atoms with E-state index in [1.807, 2.05) is 0 Å². The highest BCUT2D eigenvalue weighted by molar-refractivity contribution is 5.17. The molecule has 3 atom stereocenters. The van der Waals surface area contributed by atoms with Gasteiger partial charge in [-0.05, 0) is 19.3 Å². The van der Waals surface area contributed by atoms with Crippen LogP contribution in [0.15, 0.2) is 12.2 Å². The van der Waals surface area contributed by atoms with Gasteiger partial charge in [-0.3, -0.25) is 0 Å². The summed E-state index contributed by atoms with van der Waals surface area (Å²) in [6.45, 7) is 4.39. The van der Waals surface area contributed by atoms with Crippen molar-refractivity contribution in [3.05, 3.63) is 12.2 Å². The highest BCUT2D eigenvalue weighted by atomic mass is 16.5. The summed E-state index contributed by atoms with van der Waals surface area (Å²) in [6.07, 6.45) is 8.68. The lowest BCUT2D eigenvalue weighted by Crippen LogP contribution is -2.27. The minimum absolute atomic E-state index is 0.337. The molecule has 0 bridgehead atoms. The average molecular weight is 181 g/mol. The molecule has 2 heteroatoms. The van der Waals surface area contributed by atoms with Crippen molar-refractivity contribution in [2.45, 2.75) is 57.4 Å². The number of ether oxygens (including phenoxy) is 1. The second kappa shape index (κ2) is 3.81. The average Bonchev–Trinajstić information content (AvgIpc) is 2.93. The molecular weight excluding hydrogens is 162 g/mol. The van der Waals surface area contributed by atoms with E-state index in [4.69, 9.17) is 4.74 Å². The maximum atomic E-state index is 5.99. The molecule has 74 valence electrons. The van der Waals surface area contributed by atoms with Gasteiger partial charge in [-0.15, -0.1) is 0 Å². The van der Waals surface area contributed by atoms with Crippen molar-refractivity contribution >= 4 is 0 Å². The van der Waals surface area contributed by atoms with Gasteiger partial charge in [0.05, 0.1) is 18.2 Å². The molecule has 2 nitrogen and oxygen atoms in total. The number of fused-ring (bicyclic) bond motifs is 1. The Labute approximate surface area is 80.4 Å². The first-order chi connectivity index (χ1) is 6.35. The monoisotopic (exact) mass is 181 g/mol. The summed E-state index contributed by atoms with van der Waals surface area (Å²) < 4.78 is 5.99.